The number of likely N-dealkylation sites (tertiary alicyclic amines) is 1. The molecule has 1 aromatic carbocycles. The average Bonchev–Trinajstić information content (AvgIpc) is 3.60. The van der Waals surface area contributed by atoms with E-state index in [0.717, 1.165) is 6.08 Å². The molecule has 202 valence electrons. The molecule has 1 fully saturated rings. The molecular formula is C26H23F4N7O2. The van der Waals surface area contributed by atoms with Gasteiger partial charge in [0, 0.05) is 25.4 Å². The summed E-state index contributed by atoms with van der Waals surface area (Å²) in [6.07, 6.45) is -0.575. The Kier molecular flexibility index (Phi) is 6.73. The van der Waals surface area contributed by atoms with Crippen molar-refractivity contribution in [3.8, 4) is 11.8 Å². The Labute approximate surface area is 219 Å². The predicted octanol–water partition coefficient (Wildman–Crippen LogP) is 3.79. The summed E-state index contributed by atoms with van der Waals surface area (Å²) in [5.74, 6) is 4.75. The quantitative estimate of drug-likeness (QED) is 0.234. The van der Waals surface area contributed by atoms with Gasteiger partial charge >= 0.3 is 6.36 Å². The maximum absolute atomic E-state index is 14.9. The Morgan fingerprint density at radius 2 is 2.08 bits per heavy atom. The number of nitrogens with two attached hydrogens (primary N) is 1. The van der Waals surface area contributed by atoms with E-state index < -0.39 is 36.8 Å². The smallest absolute Gasteiger partial charge is 0.383 e. The van der Waals surface area contributed by atoms with Gasteiger partial charge in [-0.25, -0.2) is 14.4 Å². The first-order valence-corrected chi connectivity index (χ1v) is 12.0. The number of nitrogen functional groups attached to an aromatic ring is 1. The van der Waals surface area contributed by atoms with Crippen LogP contribution in [0.25, 0.3) is 21.9 Å². The molecule has 0 radical (unpaired) electrons. The van der Waals surface area contributed by atoms with Crippen molar-refractivity contribution in [1.82, 2.24) is 29.2 Å². The number of ether oxygens (including phenoxy) is 1. The van der Waals surface area contributed by atoms with Gasteiger partial charge in [0.2, 0.25) is 5.91 Å². The summed E-state index contributed by atoms with van der Waals surface area (Å²) < 4.78 is 60.4. The van der Waals surface area contributed by atoms with Crippen molar-refractivity contribution in [2.75, 3.05) is 18.9 Å². The molecule has 1 aliphatic heterocycles. The van der Waals surface area contributed by atoms with Crippen LogP contribution in [0.3, 0.4) is 0 Å². The molecule has 2 atom stereocenters. The van der Waals surface area contributed by atoms with Crippen LogP contribution in [0.2, 0.25) is 0 Å². The third-order valence-electron chi connectivity index (χ3n) is 6.65. The maximum atomic E-state index is 14.9. The maximum Gasteiger partial charge on any atom is 0.522 e. The van der Waals surface area contributed by atoms with Crippen molar-refractivity contribution < 1.29 is 27.1 Å². The first-order valence-electron chi connectivity index (χ1n) is 12.0. The molecule has 1 unspecified atom stereocenters. The molecule has 5 rings (SSSR count). The lowest BCUT2D eigenvalue weighted by atomic mass is 10.1. The van der Waals surface area contributed by atoms with Crippen LogP contribution in [0.15, 0.2) is 43.4 Å². The summed E-state index contributed by atoms with van der Waals surface area (Å²) in [5, 5.41) is 4.99. The van der Waals surface area contributed by atoms with Crippen LogP contribution in [-0.4, -0.2) is 60.7 Å². The fourth-order valence-electron chi connectivity index (χ4n) is 4.84. The summed E-state index contributed by atoms with van der Waals surface area (Å²) in [4.78, 5) is 22.1. The molecule has 1 amide bonds. The number of hydrogen-bond acceptors (Lipinski definition) is 6. The van der Waals surface area contributed by atoms with Crippen LogP contribution < -0.4 is 5.73 Å². The van der Waals surface area contributed by atoms with Crippen molar-refractivity contribution >= 4 is 33.7 Å². The van der Waals surface area contributed by atoms with Gasteiger partial charge < -0.3 is 15.2 Å². The van der Waals surface area contributed by atoms with Gasteiger partial charge in [0.1, 0.15) is 17.3 Å². The van der Waals surface area contributed by atoms with E-state index in [-0.39, 0.29) is 30.0 Å². The second kappa shape index (κ2) is 10.0. The van der Waals surface area contributed by atoms with Crippen LogP contribution in [0, 0.1) is 17.7 Å². The van der Waals surface area contributed by atoms with E-state index in [0.29, 0.717) is 28.5 Å². The van der Waals surface area contributed by atoms with Gasteiger partial charge in [-0.15, -0.1) is 13.2 Å². The highest BCUT2D eigenvalue weighted by atomic mass is 19.4. The summed E-state index contributed by atoms with van der Waals surface area (Å²) in [5.41, 5.74) is 8.22. The number of benzene rings is 1. The van der Waals surface area contributed by atoms with E-state index in [9.17, 15) is 22.4 Å². The topological polar surface area (TPSA) is 104 Å². The molecule has 2 N–H and O–H groups in total. The van der Waals surface area contributed by atoms with Crippen LogP contribution in [0.5, 0.6) is 0 Å². The molecule has 9 nitrogen and oxygen atoms in total. The Hall–Kier alpha value is -4.44. The monoisotopic (exact) mass is 541 g/mol. The second-order valence-corrected chi connectivity index (χ2v) is 8.98. The van der Waals surface area contributed by atoms with E-state index in [2.05, 4.69) is 38.2 Å². The zero-order chi connectivity index (χ0) is 27.9. The van der Waals surface area contributed by atoms with Crippen molar-refractivity contribution in [3.63, 3.8) is 0 Å². The van der Waals surface area contributed by atoms with Gasteiger partial charge in [0.25, 0.3) is 0 Å². The predicted molar refractivity (Wildman–Crippen MR) is 135 cm³/mol. The lowest BCUT2D eigenvalue weighted by molar-refractivity contribution is -0.327. The summed E-state index contributed by atoms with van der Waals surface area (Å²) in [7, 11) is 0. The van der Waals surface area contributed by atoms with Gasteiger partial charge in [-0.1, -0.05) is 12.5 Å². The highest BCUT2D eigenvalue weighted by Crippen LogP contribution is 2.33. The first-order chi connectivity index (χ1) is 18.6. The highest BCUT2D eigenvalue weighted by Gasteiger charge is 2.40. The summed E-state index contributed by atoms with van der Waals surface area (Å²) >= 11 is 0. The number of alkyl halides is 3. The lowest BCUT2D eigenvalue weighted by Crippen LogP contribution is -2.38. The molecule has 3 aromatic heterocycles. The molecular weight excluding hydrogens is 518 g/mol. The number of carbonyl (C=O) groups excluding carboxylic acids is 1. The van der Waals surface area contributed by atoms with Crippen LogP contribution >= 0.6 is 0 Å². The largest absolute Gasteiger partial charge is 0.522 e. The van der Waals surface area contributed by atoms with Gasteiger partial charge in [-0.2, -0.15) is 5.10 Å². The summed E-state index contributed by atoms with van der Waals surface area (Å²) in [6.45, 7) is 5.33. The number of amides is 1. The number of rotatable bonds is 5. The van der Waals surface area contributed by atoms with Crippen molar-refractivity contribution in [3.05, 3.63) is 60.5 Å². The Morgan fingerprint density at radius 3 is 2.79 bits per heavy atom. The van der Waals surface area contributed by atoms with Crippen molar-refractivity contribution in [1.29, 1.82) is 0 Å². The number of fused-ring (bicyclic) bond motifs is 2. The molecule has 1 aliphatic rings. The lowest BCUT2D eigenvalue weighted by Gasteiger charge is -2.23. The van der Waals surface area contributed by atoms with E-state index >= 15 is 0 Å². The van der Waals surface area contributed by atoms with Crippen molar-refractivity contribution in [2.24, 2.45) is 0 Å². The number of anilines is 1. The molecule has 1 saturated heterocycles. The second-order valence-electron chi connectivity index (χ2n) is 8.98. The SMILES string of the molecule is C=CC(=O)N1CC(n2nc(C#Cc3cc4ncn(CC)c4cc3F)c3c(N)nccc32)C[C@@H]1COC(F)(F)F. The number of imidazole rings is 1. The van der Waals surface area contributed by atoms with Gasteiger partial charge in [-0.05, 0) is 37.5 Å². The van der Waals surface area contributed by atoms with Crippen LogP contribution in [0.4, 0.5) is 23.4 Å². The fourth-order valence-corrected chi connectivity index (χ4v) is 4.84. The number of carbonyl (C=O) groups is 1. The zero-order valence-electron chi connectivity index (χ0n) is 20.7. The van der Waals surface area contributed by atoms with Crippen molar-refractivity contribution in [2.45, 2.75) is 38.3 Å². The average molecular weight is 542 g/mol. The molecule has 13 heteroatoms. The minimum atomic E-state index is -4.84. The number of aryl methyl sites for hydroxylation is 1. The molecule has 0 saturated carbocycles. The fraction of sp³-hybridized carbons (Fsp3) is 0.308. The molecule has 4 aromatic rings. The number of hydrogen-bond donors (Lipinski definition) is 1. The molecule has 0 spiro atoms. The third-order valence-corrected chi connectivity index (χ3v) is 6.65. The molecule has 0 bridgehead atoms. The number of nitrogens with zero attached hydrogens (tertiary/aromatic N) is 6. The molecule has 0 aliphatic carbocycles. The summed E-state index contributed by atoms with van der Waals surface area (Å²) in [6, 6.07) is 3.19. The van der Waals surface area contributed by atoms with Crippen LogP contribution in [0.1, 0.15) is 30.6 Å². The third kappa shape index (κ3) is 5.03. The standard InChI is InChI=1S/C26H23F4N7O2/c1-3-23(38)36-12-16(10-17(36)13-39-26(28,29)30)37-21-7-8-32-25(31)24(21)19(34-37)6-5-15-9-20-22(11-18(15)27)35(4-2)14-33-20/h3,7-9,11,14,16-17H,1,4,10,12-13H2,2H3,(H2,31,32)/t16?,17-/m1/s1. The van der Waals surface area contributed by atoms with E-state index in [4.69, 9.17) is 5.73 Å². The van der Waals surface area contributed by atoms with Gasteiger partial charge in [-0.3, -0.25) is 14.2 Å². The normalized spacial score (nSPS) is 17.5. The van der Waals surface area contributed by atoms with Crippen LogP contribution in [-0.2, 0) is 16.1 Å². The van der Waals surface area contributed by atoms with E-state index in [1.54, 1.807) is 23.1 Å². The molecule has 39 heavy (non-hydrogen) atoms. The molecule has 4 heterocycles. The number of pyridine rings is 1. The minimum absolute atomic E-state index is 0.0635. The Balaban J connectivity index is 1.52. The van der Waals surface area contributed by atoms with E-state index in [1.807, 2.05) is 11.5 Å². The zero-order valence-corrected chi connectivity index (χ0v) is 20.7. The van der Waals surface area contributed by atoms with Gasteiger partial charge in [0.15, 0.2) is 0 Å². The number of halogens is 4. The first kappa shape index (κ1) is 26.2. The van der Waals surface area contributed by atoms with Gasteiger partial charge in [0.05, 0.1) is 52.5 Å². The number of aromatic nitrogens is 5. The Morgan fingerprint density at radius 1 is 1.28 bits per heavy atom. The van der Waals surface area contributed by atoms with E-state index in [1.165, 1.54) is 17.2 Å². The Bertz CT molecular complexity index is 1650. The minimum Gasteiger partial charge on any atom is -0.383 e. The highest BCUT2D eigenvalue weighted by molar-refractivity contribution is 5.93.